The van der Waals surface area contributed by atoms with Gasteiger partial charge in [-0.3, -0.25) is 9.89 Å². The second-order valence-electron chi connectivity index (χ2n) is 5.90. The number of ether oxygens (including phenoxy) is 2. The molecule has 1 saturated heterocycles. The lowest BCUT2D eigenvalue weighted by atomic mass is 10.2. The molecular weight excluding hydrogens is 280 g/mol. The molecule has 0 bridgehead atoms. The van der Waals surface area contributed by atoms with E-state index in [0.29, 0.717) is 12.2 Å². The van der Waals surface area contributed by atoms with Crippen LogP contribution in [0, 0.1) is 0 Å². The Morgan fingerprint density at radius 2 is 1.95 bits per heavy atom. The molecule has 0 spiro atoms. The quantitative estimate of drug-likeness (QED) is 0.379. The summed E-state index contributed by atoms with van der Waals surface area (Å²) in [5.41, 5.74) is 0. The van der Waals surface area contributed by atoms with E-state index in [1.165, 1.54) is 0 Å². The molecule has 2 N–H and O–H groups in total. The molecule has 6 heteroatoms. The summed E-state index contributed by atoms with van der Waals surface area (Å²) in [5.74, 6) is 0.905. The van der Waals surface area contributed by atoms with E-state index in [0.717, 1.165) is 64.7 Å². The topological polar surface area (TPSA) is 58.1 Å². The lowest BCUT2D eigenvalue weighted by molar-refractivity contribution is -0.0679. The summed E-state index contributed by atoms with van der Waals surface area (Å²) in [4.78, 5) is 7.03. The van der Waals surface area contributed by atoms with Gasteiger partial charge < -0.3 is 20.1 Å². The third-order valence-corrected chi connectivity index (χ3v) is 3.56. The summed E-state index contributed by atoms with van der Waals surface area (Å²) < 4.78 is 10.8. The van der Waals surface area contributed by atoms with Crippen molar-refractivity contribution in [1.82, 2.24) is 15.5 Å². The molecule has 1 heterocycles. The van der Waals surface area contributed by atoms with Gasteiger partial charge in [0.1, 0.15) is 0 Å². The van der Waals surface area contributed by atoms with Crippen molar-refractivity contribution in [3.63, 3.8) is 0 Å². The van der Waals surface area contributed by atoms with Crippen LogP contribution in [0.25, 0.3) is 0 Å². The van der Waals surface area contributed by atoms with Gasteiger partial charge in [0, 0.05) is 53.0 Å². The molecule has 0 aromatic rings. The molecule has 22 heavy (non-hydrogen) atoms. The molecule has 1 rings (SSSR count). The van der Waals surface area contributed by atoms with Gasteiger partial charge in [0.05, 0.1) is 12.2 Å². The summed E-state index contributed by atoms with van der Waals surface area (Å²) >= 11 is 0. The Balaban J connectivity index is 2.19. The standard InChI is InChI=1S/C16H34N4O2/c1-5-17-16(19-9-7-11-21-4)18-8-6-10-20-12-14(2)22-15(3)13-20/h14-15H,5-13H2,1-4H3,(H2,17,18,19). The Hall–Kier alpha value is -0.850. The van der Waals surface area contributed by atoms with Gasteiger partial charge in [0.15, 0.2) is 5.96 Å². The molecule has 0 aromatic heterocycles. The summed E-state index contributed by atoms with van der Waals surface area (Å²) in [7, 11) is 1.72. The number of rotatable bonds is 9. The van der Waals surface area contributed by atoms with Gasteiger partial charge in [0.25, 0.3) is 0 Å². The van der Waals surface area contributed by atoms with E-state index in [4.69, 9.17) is 9.47 Å². The number of nitrogens with zero attached hydrogens (tertiary/aromatic N) is 2. The van der Waals surface area contributed by atoms with Crippen LogP contribution < -0.4 is 10.6 Å². The Bertz CT molecular complexity index is 303. The second kappa shape index (κ2) is 11.7. The molecule has 0 saturated carbocycles. The fourth-order valence-electron chi connectivity index (χ4n) is 2.72. The smallest absolute Gasteiger partial charge is 0.191 e. The molecule has 1 aliphatic rings. The van der Waals surface area contributed by atoms with Gasteiger partial charge in [-0.15, -0.1) is 0 Å². The average Bonchev–Trinajstić information content (AvgIpc) is 2.47. The summed E-state index contributed by atoms with van der Waals surface area (Å²) in [6.45, 7) is 12.9. The van der Waals surface area contributed by atoms with E-state index in [-0.39, 0.29) is 0 Å². The molecule has 1 aliphatic heterocycles. The molecule has 0 aliphatic carbocycles. The highest BCUT2D eigenvalue weighted by atomic mass is 16.5. The summed E-state index contributed by atoms with van der Waals surface area (Å²) in [6, 6.07) is 0. The maximum absolute atomic E-state index is 5.76. The zero-order valence-electron chi connectivity index (χ0n) is 14.7. The first-order valence-electron chi connectivity index (χ1n) is 8.54. The molecule has 0 amide bonds. The maximum atomic E-state index is 5.76. The van der Waals surface area contributed by atoms with Crippen LogP contribution in [0.4, 0.5) is 0 Å². The van der Waals surface area contributed by atoms with Gasteiger partial charge in [-0.1, -0.05) is 0 Å². The highest BCUT2D eigenvalue weighted by Gasteiger charge is 2.21. The minimum Gasteiger partial charge on any atom is -0.385 e. The van der Waals surface area contributed by atoms with Crippen molar-refractivity contribution in [2.24, 2.45) is 4.99 Å². The van der Waals surface area contributed by atoms with Crippen molar-refractivity contribution in [2.45, 2.75) is 45.8 Å². The SMILES string of the molecule is CCNC(=NCCCOC)NCCCN1CC(C)OC(C)C1. The minimum atomic E-state index is 0.344. The maximum Gasteiger partial charge on any atom is 0.191 e. The van der Waals surface area contributed by atoms with Gasteiger partial charge >= 0.3 is 0 Å². The molecule has 2 atom stereocenters. The monoisotopic (exact) mass is 314 g/mol. The van der Waals surface area contributed by atoms with Crippen LogP contribution in [-0.4, -0.2) is 76.1 Å². The van der Waals surface area contributed by atoms with Crippen molar-refractivity contribution in [3.05, 3.63) is 0 Å². The van der Waals surface area contributed by atoms with Crippen LogP contribution in [-0.2, 0) is 9.47 Å². The van der Waals surface area contributed by atoms with Crippen LogP contribution in [0.1, 0.15) is 33.6 Å². The third-order valence-electron chi connectivity index (χ3n) is 3.56. The summed E-state index contributed by atoms with van der Waals surface area (Å²) in [5, 5.41) is 6.68. The lowest BCUT2D eigenvalue weighted by Crippen LogP contribution is -2.46. The first kappa shape index (κ1) is 19.2. The highest BCUT2D eigenvalue weighted by Crippen LogP contribution is 2.10. The van der Waals surface area contributed by atoms with E-state index >= 15 is 0 Å². The fraction of sp³-hybridized carbons (Fsp3) is 0.938. The molecule has 6 nitrogen and oxygen atoms in total. The average molecular weight is 314 g/mol. The number of nitrogens with one attached hydrogen (secondary N) is 2. The molecule has 2 unspecified atom stereocenters. The van der Waals surface area contributed by atoms with Gasteiger partial charge in [0.2, 0.25) is 0 Å². The number of aliphatic imine (C=N–C) groups is 1. The zero-order valence-corrected chi connectivity index (χ0v) is 14.7. The Kier molecular flexibility index (Phi) is 10.2. The number of morpholine rings is 1. The van der Waals surface area contributed by atoms with E-state index in [1.54, 1.807) is 7.11 Å². The molecular formula is C16H34N4O2. The number of guanidine groups is 1. The largest absolute Gasteiger partial charge is 0.385 e. The second-order valence-corrected chi connectivity index (χ2v) is 5.90. The van der Waals surface area contributed by atoms with Crippen molar-refractivity contribution >= 4 is 5.96 Å². The number of methoxy groups -OCH3 is 1. The molecule has 0 aromatic carbocycles. The van der Waals surface area contributed by atoms with Crippen LogP contribution >= 0.6 is 0 Å². The first-order chi connectivity index (χ1) is 10.7. The van der Waals surface area contributed by atoms with Crippen LogP contribution in [0.15, 0.2) is 4.99 Å². The summed E-state index contributed by atoms with van der Waals surface area (Å²) in [6.07, 6.45) is 2.76. The molecule has 130 valence electrons. The van der Waals surface area contributed by atoms with Crippen molar-refractivity contribution in [2.75, 3.05) is 53.0 Å². The Morgan fingerprint density at radius 1 is 1.23 bits per heavy atom. The van der Waals surface area contributed by atoms with Crippen LogP contribution in [0.3, 0.4) is 0 Å². The van der Waals surface area contributed by atoms with Crippen LogP contribution in [0.2, 0.25) is 0 Å². The Morgan fingerprint density at radius 3 is 2.59 bits per heavy atom. The van der Waals surface area contributed by atoms with Crippen molar-refractivity contribution in [1.29, 1.82) is 0 Å². The van der Waals surface area contributed by atoms with Crippen molar-refractivity contribution < 1.29 is 9.47 Å². The van der Waals surface area contributed by atoms with Gasteiger partial charge in [-0.2, -0.15) is 0 Å². The van der Waals surface area contributed by atoms with Gasteiger partial charge in [-0.05, 0) is 33.6 Å². The normalized spacial score (nSPS) is 23.5. The van der Waals surface area contributed by atoms with E-state index in [1.807, 2.05) is 0 Å². The number of hydrogen-bond acceptors (Lipinski definition) is 4. The molecule has 1 fully saturated rings. The number of hydrogen-bond donors (Lipinski definition) is 2. The Labute approximate surface area is 135 Å². The van der Waals surface area contributed by atoms with E-state index < -0.39 is 0 Å². The van der Waals surface area contributed by atoms with Gasteiger partial charge in [-0.25, -0.2) is 0 Å². The molecule has 0 radical (unpaired) electrons. The third kappa shape index (κ3) is 8.56. The minimum absolute atomic E-state index is 0.344. The van der Waals surface area contributed by atoms with E-state index in [2.05, 4.69) is 41.3 Å². The predicted octanol–water partition coefficient (Wildman–Crippen LogP) is 1.08. The lowest BCUT2D eigenvalue weighted by Gasteiger charge is -2.35. The van der Waals surface area contributed by atoms with E-state index in [9.17, 15) is 0 Å². The first-order valence-corrected chi connectivity index (χ1v) is 8.54. The van der Waals surface area contributed by atoms with Crippen LogP contribution in [0.5, 0.6) is 0 Å². The highest BCUT2D eigenvalue weighted by molar-refractivity contribution is 5.79. The zero-order chi connectivity index (χ0) is 16.2. The fourth-order valence-corrected chi connectivity index (χ4v) is 2.72. The predicted molar refractivity (Wildman–Crippen MR) is 91.5 cm³/mol. The van der Waals surface area contributed by atoms with Crippen molar-refractivity contribution in [3.8, 4) is 0 Å².